The maximum atomic E-state index is 13.3. The molecule has 0 spiro atoms. The van der Waals surface area contributed by atoms with Crippen molar-refractivity contribution in [1.82, 2.24) is 9.62 Å². The highest BCUT2D eigenvalue weighted by Crippen LogP contribution is 2.33. The minimum absolute atomic E-state index is 0.123. The van der Waals surface area contributed by atoms with Crippen molar-refractivity contribution in [1.29, 1.82) is 0 Å². The number of benzene rings is 1. The van der Waals surface area contributed by atoms with Gasteiger partial charge in [-0.05, 0) is 35.8 Å². The van der Waals surface area contributed by atoms with E-state index >= 15 is 0 Å². The van der Waals surface area contributed by atoms with Gasteiger partial charge in [0.25, 0.3) is 17.2 Å². The second-order valence-electron chi connectivity index (χ2n) is 7.91. The monoisotopic (exact) mass is 421 g/mol. The lowest BCUT2D eigenvalue weighted by molar-refractivity contribution is -0.129. The molecule has 7 nitrogen and oxygen atoms in total. The van der Waals surface area contributed by atoms with Crippen LogP contribution in [-0.4, -0.2) is 38.1 Å². The van der Waals surface area contributed by atoms with Crippen molar-refractivity contribution < 1.29 is 18.4 Å². The number of hydrogen-bond donors (Lipinski definition) is 3. The van der Waals surface area contributed by atoms with E-state index in [-0.39, 0.29) is 29.2 Å². The fraction of sp³-hybridized carbons (Fsp3) is 0.524. The summed E-state index contributed by atoms with van der Waals surface area (Å²) in [6.07, 6.45) is 2.66. The Bertz CT molecular complexity index is 794. The average Bonchev–Trinajstić information content (AvgIpc) is 3.11. The summed E-state index contributed by atoms with van der Waals surface area (Å²) in [6, 6.07) is 5.54. The zero-order chi connectivity index (χ0) is 21.7. The molecule has 0 aliphatic carbocycles. The van der Waals surface area contributed by atoms with Crippen LogP contribution in [0, 0.1) is 0 Å². The maximum absolute atomic E-state index is 13.3. The predicted molar refractivity (Wildman–Crippen MR) is 116 cm³/mol. The molecule has 1 heterocycles. The largest absolute Gasteiger partial charge is 0.336 e. The van der Waals surface area contributed by atoms with Gasteiger partial charge in [0.2, 0.25) is 5.91 Å². The Kier molecular flexibility index (Phi) is 7.98. The summed E-state index contributed by atoms with van der Waals surface area (Å²) in [5.74, 6) is -0.0859. The standard InChI is InChI=1S/C21H31N3O4S/c1-13(2)16-8-6-9-17(14(3)4)20(16)23-21(26)18(12-22-29(27)28)19-10-7-11-24(19)15(5)25/h6,8-9,12-14,19,22H,7,10-11H2,1-5H3,(H,23,26)(H,27,28). The fourth-order valence-corrected chi connectivity index (χ4v) is 4.00. The third-order valence-corrected chi connectivity index (χ3v) is 5.52. The minimum atomic E-state index is -2.30. The average molecular weight is 422 g/mol. The Morgan fingerprint density at radius 3 is 2.28 bits per heavy atom. The van der Waals surface area contributed by atoms with Crippen molar-refractivity contribution in [3.8, 4) is 0 Å². The molecule has 0 bridgehead atoms. The molecule has 1 fully saturated rings. The van der Waals surface area contributed by atoms with Gasteiger partial charge in [-0.1, -0.05) is 45.9 Å². The Morgan fingerprint density at radius 1 is 1.21 bits per heavy atom. The van der Waals surface area contributed by atoms with Gasteiger partial charge in [0.1, 0.15) is 0 Å². The van der Waals surface area contributed by atoms with Crippen LogP contribution in [0.5, 0.6) is 0 Å². The summed E-state index contributed by atoms with van der Waals surface area (Å²) in [4.78, 5) is 26.9. The first-order valence-corrected chi connectivity index (χ1v) is 11.0. The number of rotatable bonds is 7. The van der Waals surface area contributed by atoms with Gasteiger partial charge in [-0.3, -0.25) is 18.9 Å². The van der Waals surface area contributed by atoms with Crippen LogP contribution in [0.15, 0.2) is 30.0 Å². The number of carbonyl (C=O) groups excluding carboxylic acids is 2. The zero-order valence-electron chi connectivity index (χ0n) is 17.7. The third-order valence-electron chi connectivity index (χ3n) is 5.21. The van der Waals surface area contributed by atoms with Crippen LogP contribution in [0.2, 0.25) is 0 Å². The van der Waals surface area contributed by atoms with Gasteiger partial charge in [-0.15, -0.1) is 0 Å². The summed E-state index contributed by atoms with van der Waals surface area (Å²) >= 11 is -2.30. The van der Waals surface area contributed by atoms with Gasteiger partial charge < -0.3 is 10.2 Å². The van der Waals surface area contributed by atoms with E-state index in [1.807, 2.05) is 18.2 Å². The van der Waals surface area contributed by atoms with Gasteiger partial charge in [-0.2, -0.15) is 0 Å². The molecule has 1 saturated heterocycles. The van der Waals surface area contributed by atoms with Crippen molar-refractivity contribution >= 4 is 28.8 Å². The van der Waals surface area contributed by atoms with Gasteiger partial charge in [0.05, 0.1) is 11.6 Å². The normalized spacial score (nSPS) is 18.3. The second kappa shape index (κ2) is 10.0. The molecule has 1 aromatic carbocycles. The highest BCUT2D eigenvalue weighted by atomic mass is 32.2. The predicted octanol–water partition coefficient (Wildman–Crippen LogP) is 3.49. The number of carbonyl (C=O) groups is 2. The summed E-state index contributed by atoms with van der Waals surface area (Å²) in [6.45, 7) is 10.3. The first-order chi connectivity index (χ1) is 13.6. The molecule has 1 aromatic rings. The lowest BCUT2D eigenvalue weighted by Gasteiger charge is -2.26. The molecule has 3 N–H and O–H groups in total. The van der Waals surface area contributed by atoms with E-state index in [1.54, 1.807) is 4.90 Å². The summed E-state index contributed by atoms with van der Waals surface area (Å²) in [5, 5.41) is 3.04. The number of hydrogen-bond acceptors (Lipinski definition) is 3. The van der Waals surface area contributed by atoms with Gasteiger partial charge in [0.15, 0.2) is 0 Å². The molecule has 0 saturated carbocycles. The van der Waals surface area contributed by atoms with Crippen LogP contribution in [0.4, 0.5) is 5.69 Å². The first kappa shape index (κ1) is 23.1. The van der Waals surface area contributed by atoms with Crippen LogP contribution in [0.1, 0.15) is 70.4 Å². The number of para-hydroxylation sites is 1. The summed E-state index contributed by atoms with van der Waals surface area (Å²) < 4.78 is 22.6. The van der Waals surface area contributed by atoms with Crippen LogP contribution < -0.4 is 10.0 Å². The lowest BCUT2D eigenvalue weighted by atomic mass is 9.92. The van der Waals surface area contributed by atoms with E-state index in [0.29, 0.717) is 13.0 Å². The first-order valence-electron chi connectivity index (χ1n) is 9.91. The molecule has 29 heavy (non-hydrogen) atoms. The second-order valence-corrected chi connectivity index (χ2v) is 8.65. The zero-order valence-corrected chi connectivity index (χ0v) is 18.5. The van der Waals surface area contributed by atoms with Gasteiger partial charge >= 0.3 is 0 Å². The molecule has 160 valence electrons. The summed E-state index contributed by atoms with van der Waals surface area (Å²) in [7, 11) is 0. The Balaban J connectivity index is 2.44. The smallest absolute Gasteiger partial charge is 0.258 e. The molecular weight excluding hydrogens is 390 g/mol. The molecule has 1 aliphatic rings. The molecular formula is C21H31N3O4S. The third kappa shape index (κ3) is 5.67. The van der Waals surface area contributed by atoms with Crippen LogP contribution in [0.25, 0.3) is 0 Å². The number of amides is 2. The van der Waals surface area contributed by atoms with Crippen molar-refractivity contribution in [3.05, 3.63) is 41.1 Å². The van der Waals surface area contributed by atoms with Crippen LogP contribution >= 0.6 is 0 Å². The van der Waals surface area contributed by atoms with Crippen molar-refractivity contribution in [2.75, 3.05) is 11.9 Å². The van der Waals surface area contributed by atoms with Crippen LogP contribution in [0.3, 0.4) is 0 Å². The topological polar surface area (TPSA) is 98.7 Å². The molecule has 1 aliphatic heterocycles. The fourth-order valence-electron chi connectivity index (χ4n) is 3.77. The van der Waals surface area contributed by atoms with E-state index in [1.165, 1.54) is 13.1 Å². The molecule has 2 amide bonds. The SMILES string of the molecule is CC(=O)N1CCCC1C(=CNS(=O)O)C(=O)Nc1c(C(C)C)cccc1C(C)C. The van der Waals surface area contributed by atoms with Crippen molar-refractivity contribution in [3.63, 3.8) is 0 Å². The van der Waals surface area contributed by atoms with E-state index in [9.17, 15) is 13.8 Å². The minimum Gasteiger partial charge on any atom is -0.336 e. The Labute approximate surface area is 175 Å². The maximum Gasteiger partial charge on any atom is 0.258 e. The molecule has 2 atom stereocenters. The molecule has 0 aromatic heterocycles. The van der Waals surface area contributed by atoms with E-state index in [0.717, 1.165) is 23.2 Å². The number of likely N-dealkylation sites (tertiary alicyclic amines) is 1. The van der Waals surface area contributed by atoms with Gasteiger partial charge in [-0.25, -0.2) is 4.21 Å². The lowest BCUT2D eigenvalue weighted by Crippen LogP contribution is -2.39. The highest BCUT2D eigenvalue weighted by Gasteiger charge is 2.33. The summed E-state index contributed by atoms with van der Waals surface area (Å²) in [5.41, 5.74) is 3.09. The molecule has 2 rings (SSSR count). The van der Waals surface area contributed by atoms with Crippen LogP contribution in [-0.2, 0) is 20.9 Å². The number of nitrogens with zero attached hydrogens (tertiary/aromatic N) is 1. The number of nitrogens with one attached hydrogen (secondary N) is 2. The van der Waals surface area contributed by atoms with E-state index in [4.69, 9.17) is 4.55 Å². The van der Waals surface area contributed by atoms with Gasteiger partial charge in [0, 0.05) is 25.4 Å². The molecule has 0 radical (unpaired) electrons. The Morgan fingerprint density at radius 2 is 1.79 bits per heavy atom. The van der Waals surface area contributed by atoms with E-state index < -0.39 is 17.3 Å². The Hall–Kier alpha value is -2.19. The number of anilines is 1. The molecule has 8 heteroatoms. The van der Waals surface area contributed by atoms with Crippen molar-refractivity contribution in [2.45, 2.75) is 65.3 Å². The van der Waals surface area contributed by atoms with E-state index in [2.05, 4.69) is 37.7 Å². The van der Waals surface area contributed by atoms with Crippen molar-refractivity contribution in [2.24, 2.45) is 0 Å². The quantitative estimate of drug-likeness (QED) is 0.464. The molecule has 2 unspecified atom stereocenters. The highest BCUT2D eigenvalue weighted by molar-refractivity contribution is 7.77.